The molecule has 1 atom stereocenters. The number of methoxy groups -OCH3 is 1. The first-order valence-corrected chi connectivity index (χ1v) is 8.15. The molecule has 27 heavy (non-hydrogen) atoms. The van der Waals surface area contributed by atoms with E-state index in [4.69, 9.17) is 0 Å². The first-order valence-electron chi connectivity index (χ1n) is 7.23. The highest BCUT2D eigenvalue weighted by Gasteiger charge is 2.27. The molecule has 0 aliphatic carbocycles. The second kappa shape index (κ2) is 7.90. The molecule has 1 aromatic carbocycles. The van der Waals surface area contributed by atoms with Crippen molar-refractivity contribution < 1.29 is 27.6 Å². The van der Waals surface area contributed by atoms with E-state index in [1.54, 1.807) is 0 Å². The minimum atomic E-state index is -3.21. The summed E-state index contributed by atoms with van der Waals surface area (Å²) in [5.74, 6) is -2.23. The van der Waals surface area contributed by atoms with Crippen LogP contribution in [0.1, 0.15) is 17.9 Å². The molecule has 2 rings (SSSR count). The fourth-order valence-electron chi connectivity index (χ4n) is 2.35. The van der Waals surface area contributed by atoms with Crippen LogP contribution in [0.4, 0.5) is 18.9 Å². The lowest BCUT2D eigenvalue weighted by Gasteiger charge is -2.10. The molecule has 0 bridgehead atoms. The number of nitro benzene ring substituents is 1. The van der Waals surface area contributed by atoms with Crippen LogP contribution in [0.25, 0.3) is 5.69 Å². The molecule has 0 aliphatic rings. The Bertz CT molecular complexity index is 959. The zero-order valence-electron chi connectivity index (χ0n) is 13.9. The predicted octanol–water partition coefficient (Wildman–Crippen LogP) is 2.26. The van der Waals surface area contributed by atoms with E-state index < -0.39 is 51.0 Å². The SMILES string of the molecule is COC(=O)C(Br)Cc1cc(F)c(-n2nc(C)n(C(F)F)c2=O)cc1[N+](=O)[O-]. The van der Waals surface area contributed by atoms with Gasteiger partial charge in [-0.05, 0) is 13.0 Å². The van der Waals surface area contributed by atoms with Crippen molar-refractivity contribution in [1.82, 2.24) is 14.3 Å². The lowest BCUT2D eigenvalue weighted by Crippen LogP contribution is -2.25. The van der Waals surface area contributed by atoms with E-state index in [1.807, 2.05) is 0 Å². The topological polar surface area (TPSA) is 109 Å². The zero-order chi connectivity index (χ0) is 20.5. The van der Waals surface area contributed by atoms with Crippen LogP contribution in [0.5, 0.6) is 0 Å². The van der Waals surface area contributed by atoms with Crippen molar-refractivity contribution in [3.63, 3.8) is 0 Å². The molecule has 1 aromatic heterocycles. The first-order chi connectivity index (χ1) is 12.6. The van der Waals surface area contributed by atoms with E-state index in [9.17, 15) is 32.9 Å². The van der Waals surface area contributed by atoms with Crippen LogP contribution < -0.4 is 5.69 Å². The second-order valence-corrected chi connectivity index (χ2v) is 6.38. The van der Waals surface area contributed by atoms with E-state index in [0.717, 1.165) is 20.1 Å². The van der Waals surface area contributed by atoms with E-state index in [2.05, 4.69) is 25.8 Å². The number of hydrogen-bond donors (Lipinski definition) is 0. The Morgan fingerprint density at radius 3 is 2.56 bits per heavy atom. The standard InChI is InChI=1S/C14H12BrF3N4O5/c1-6-19-21(14(24)20(6)13(17)18)11-5-10(22(25)26)7(4-9(11)16)3-8(15)12(23)27-2/h4-5,8,13H,3H2,1-2H3. The highest BCUT2D eigenvalue weighted by atomic mass is 79.9. The van der Waals surface area contributed by atoms with Gasteiger partial charge >= 0.3 is 18.2 Å². The van der Waals surface area contributed by atoms with Crippen LogP contribution in [0.15, 0.2) is 16.9 Å². The summed E-state index contributed by atoms with van der Waals surface area (Å²) in [6.45, 7) is -2.10. The van der Waals surface area contributed by atoms with Gasteiger partial charge in [-0.3, -0.25) is 14.9 Å². The summed E-state index contributed by atoms with van der Waals surface area (Å²) in [4.78, 5) is 33.0. The van der Waals surface area contributed by atoms with Crippen molar-refractivity contribution in [3.8, 4) is 5.69 Å². The molecule has 1 unspecified atom stereocenters. The summed E-state index contributed by atoms with van der Waals surface area (Å²) in [6, 6.07) is 1.44. The van der Waals surface area contributed by atoms with Gasteiger partial charge in [0.2, 0.25) is 0 Å². The number of benzene rings is 1. The molecule has 0 saturated carbocycles. The van der Waals surface area contributed by atoms with E-state index in [1.165, 1.54) is 0 Å². The monoisotopic (exact) mass is 452 g/mol. The Labute approximate surface area is 157 Å². The third kappa shape index (κ3) is 4.02. The molecular weight excluding hydrogens is 441 g/mol. The van der Waals surface area contributed by atoms with Gasteiger partial charge in [0.15, 0.2) is 0 Å². The van der Waals surface area contributed by atoms with E-state index in [-0.39, 0.29) is 16.6 Å². The van der Waals surface area contributed by atoms with Crippen LogP contribution in [0, 0.1) is 22.9 Å². The summed E-state index contributed by atoms with van der Waals surface area (Å²) in [7, 11) is 1.11. The largest absolute Gasteiger partial charge is 0.468 e. The maximum atomic E-state index is 14.5. The van der Waals surface area contributed by atoms with Crippen LogP contribution in [0.3, 0.4) is 0 Å². The van der Waals surface area contributed by atoms with Gasteiger partial charge < -0.3 is 4.74 Å². The molecule has 0 fully saturated rings. The Balaban J connectivity index is 2.60. The Morgan fingerprint density at radius 2 is 2.07 bits per heavy atom. The number of hydrogen-bond acceptors (Lipinski definition) is 6. The summed E-state index contributed by atoms with van der Waals surface area (Å²) in [6.07, 6.45) is -0.278. The molecule has 0 spiro atoms. The van der Waals surface area contributed by atoms with Gasteiger partial charge in [-0.2, -0.15) is 13.5 Å². The van der Waals surface area contributed by atoms with Crippen molar-refractivity contribution in [2.24, 2.45) is 0 Å². The third-order valence-electron chi connectivity index (χ3n) is 3.60. The fraction of sp³-hybridized carbons (Fsp3) is 0.357. The number of halogens is 4. The lowest BCUT2D eigenvalue weighted by atomic mass is 10.1. The number of esters is 1. The van der Waals surface area contributed by atoms with Gasteiger partial charge in [0.05, 0.1) is 12.0 Å². The lowest BCUT2D eigenvalue weighted by molar-refractivity contribution is -0.385. The molecule has 13 heteroatoms. The van der Waals surface area contributed by atoms with E-state index in [0.29, 0.717) is 10.7 Å². The zero-order valence-corrected chi connectivity index (χ0v) is 15.4. The molecule has 1 heterocycles. The van der Waals surface area contributed by atoms with Crippen molar-refractivity contribution in [2.45, 2.75) is 24.7 Å². The van der Waals surface area contributed by atoms with Gasteiger partial charge in [0.1, 0.15) is 22.2 Å². The Hall–Kier alpha value is -2.70. The number of rotatable bonds is 6. The minimum absolute atomic E-state index is 0.0188. The number of aromatic nitrogens is 3. The molecular formula is C14H12BrF3N4O5. The van der Waals surface area contributed by atoms with Crippen molar-refractivity contribution in [3.05, 3.63) is 49.9 Å². The van der Waals surface area contributed by atoms with Crippen LogP contribution >= 0.6 is 15.9 Å². The van der Waals surface area contributed by atoms with Gasteiger partial charge in [0.25, 0.3) is 5.69 Å². The number of carbonyl (C=O) groups excluding carboxylic acids is 1. The van der Waals surface area contributed by atoms with Crippen LogP contribution in [0.2, 0.25) is 0 Å². The number of alkyl halides is 3. The smallest absolute Gasteiger partial charge is 0.355 e. The highest BCUT2D eigenvalue weighted by molar-refractivity contribution is 9.10. The first kappa shape index (κ1) is 20.6. The predicted molar refractivity (Wildman–Crippen MR) is 88.9 cm³/mol. The molecule has 2 aromatic rings. The Morgan fingerprint density at radius 1 is 1.44 bits per heavy atom. The third-order valence-corrected chi connectivity index (χ3v) is 4.30. The number of aryl methyl sites for hydroxylation is 1. The fourth-order valence-corrected chi connectivity index (χ4v) is 2.89. The molecule has 9 nitrogen and oxygen atoms in total. The highest BCUT2D eigenvalue weighted by Crippen LogP contribution is 2.27. The average Bonchev–Trinajstić information content (AvgIpc) is 2.88. The molecule has 0 amide bonds. The van der Waals surface area contributed by atoms with Crippen LogP contribution in [-0.4, -0.2) is 37.2 Å². The maximum absolute atomic E-state index is 14.5. The normalized spacial score (nSPS) is 12.3. The number of carbonyl (C=O) groups is 1. The Kier molecular flexibility index (Phi) is 6.03. The second-order valence-electron chi connectivity index (χ2n) is 5.27. The van der Waals surface area contributed by atoms with Gasteiger partial charge in [-0.1, -0.05) is 15.9 Å². The number of nitrogens with zero attached hydrogens (tertiary/aromatic N) is 4. The number of nitro groups is 1. The molecule has 0 saturated heterocycles. The summed E-state index contributed by atoms with van der Waals surface area (Å²) in [5, 5.41) is 14.9. The summed E-state index contributed by atoms with van der Waals surface area (Å²) >= 11 is 2.98. The molecule has 0 aliphatic heterocycles. The van der Waals surface area contributed by atoms with Gasteiger partial charge in [-0.15, -0.1) is 5.10 Å². The quantitative estimate of drug-likeness (QED) is 0.287. The minimum Gasteiger partial charge on any atom is -0.468 e. The van der Waals surface area contributed by atoms with Crippen LogP contribution in [-0.2, 0) is 16.0 Å². The summed E-state index contributed by atoms with van der Waals surface area (Å²) < 4.78 is 45.1. The van der Waals surface area contributed by atoms with Crippen molar-refractivity contribution >= 4 is 27.6 Å². The molecule has 0 N–H and O–H groups in total. The molecule has 146 valence electrons. The van der Waals surface area contributed by atoms with Crippen molar-refractivity contribution in [1.29, 1.82) is 0 Å². The maximum Gasteiger partial charge on any atom is 0.355 e. The average molecular weight is 453 g/mol. The number of ether oxygens (including phenoxy) is 1. The van der Waals surface area contributed by atoms with Gasteiger partial charge in [0, 0.05) is 18.1 Å². The van der Waals surface area contributed by atoms with E-state index >= 15 is 0 Å². The van der Waals surface area contributed by atoms with Gasteiger partial charge in [-0.25, -0.2) is 13.8 Å². The summed E-state index contributed by atoms with van der Waals surface area (Å²) in [5.41, 5.74) is -2.79. The van der Waals surface area contributed by atoms with Crippen molar-refractivity contribution in [2.75, 3.05) is 7.11 Å². The molecule has 0 radical (unpaired) electrons.